The monoisotopic (exact) mass is 246 g/mol. The lowest BCUT2D eigenvalue weighted by Gasteiger charge is -2.34. The summed E-state index contributed by atoms with van der Waals surface area (Å²) in [5.74, 6) is 0.705. The van der Waals surface area contributed by atoms with Gasteiger partial charge in [-0.05, 0) is 25.2 Å². The molecule has 3 nitrogen and oxygen atoms in total. The van der Waals surface area contributed by atoms with Gasteiger partial charge in [0.1, 0.15) is 0 Å². The van der Waals surface area contributed by atoms with Crippen molar-refractivity contribution in [2.75, 3.05) is 19.6 Å². The van der Waals surface area contributed by atoms with Gasteiger partial charge in [0, 0.05) is 31.6 Å². The Labute approximate surface area is 104 Å². The molecule has 94 valence electrons. The molecule has 1 saturated heterocycles. The van der Waals surface area contributed by atoms with E-state index >= 15 is 0 Å². The fourth-order valence-electron chi connectivity index (χ4n) is 2.55. The zero-order chi connectivity index (χ0) is 11.1. The molecule has 2 aliphatic rings. The molecule has 1 aliphatic carbocycles. The van der Waals surface area contributed by atoms with Crippen LogP contribution < -0.4 is 5.32 Å². The fraction of sp³-hybridized carbons (Fsp3) is 0.917. The third-order valence-electron chi connectivity index (χ3n) is 4.24. The normalized spacial score (nSPS) is 37.8. The van der Waals surface area contributed by atoms with Crippen LogP contribution in [0.1, 0.15) is 33.6 Å². The average molecular weight is 247 g/mol. The largest absolute Gasteiger partial charge is 0.337 e. The van der Waals surface area contributed by atoms with Gasteiger partial charge in [-0.25, -0.2) is 0 Å². The summed E-state index contributed by atoms with van der Waals surface area (Å²) in [6.07, 6.45) is 2.23. The van der Waals surface area contributed by atoms with Crippen molar-refractivity contribution in [2.24, 2.45) is 11.3 Å². The van der Waals surface area contributed by atoms with Crippen molar-refractivity contribution in [2.45, 2.75) is 39.7 Å². The van der Waals surface area contributed by atoms with Gasteiger partial charge in [-0.3, -0.25) is 4.79 Å². The van der Waals surface area contributed by atoms with E-state index < -0.39 is 0 Å². The number of carbonyl (C=O) groups excluding carboxylic acids is 1. The number of rotatable bonds is 2. The smallest absolute Gasteiger partial charge is 0.226 e. The summed E-state index contributed by atoms with van der Waals surface area (Å²) in [5.41, 5.74) is 0.307. The predicted molar refractivity (Wildman–Crippen MR) is 67.8 cm³/mol. The molecule has 1 heterocycles. The molecule has 2 rings (SSSR count). The van der Waals surface area contributed by atoms with Crippen LogP contribution in [0.5, 0.6) is 0 Å². The number of amides is 1. The highest BCUT2D eigenvalue weighted by Gasteiger charge is 2.54. The molecule has 1 aliphatic heterocycles. The third kappa shape index (κ3) is 2.35. The van der Waals surface area contributed by atoms with E-state index in [1.54, 1.807) is 0 Å². The molecule has 16 heavy (non-hydrogen) atoms. The van der Waals surface area contributed by atoms with Gasteiger partial charge in [-0.1, -0.05) is 13.8 Å². The Bertz CT molecular complexity index is 272. The molecule has 2 fully saturated rings. The zero-order valence-corrected chi connectivity index (χ0v) is 11.3. The molecule has 0 spiro atoms. The average Bonchev–Trinajstić information content (AvgIpc) is 2.92. The van der Waals surface area contributed by atoms with Gasteiger partial charge in [0.25, 0.3) is 0 Å². The highest BCUT2D eigenvalue weighted by atomic mass is 35.5. The minimum absolute atomic E-state index is 0. The van der Waals surface area contributed by atoms with E-state index in [-0.39, 0.29) is 12.4 Å². The van der Waals surface area contributed by atoms with Gasteiger partial charge in [-0.2, -0.15) is 0 Å². The predicted octanol–water partition coefficient (Wildman–Crippen LogP) is 1.66. The Kier molecular flexibility index (Phi) is 4.24. The topological polar surface area (TPSA) is 32.3 Å². The molecule has 3 atom stereocenters. The van der Waals surface area contributed by atoms with Crippen LogP contribution in [0.3, 0.4) is 0 Å². The summed E-state index contributed by atoms with van der Waals surface area (Å²) in [7, 11) is 0. The maximum absolute atomic E-state index is 12.2. The van der Waals surface area contributed by atoms with E-state index in [4.69, 9.17) is 0 Å². The first-order chi connectivity index (χ1) is 7.08. The van der Waals surface area contributed by atoms with Crippen LogP contribution in [0.2, 0.25) is 0 Å². The first-order valence-electron chi connectivity index (χ1n) is 6.09. The van der Waals surface area contributed by atoms with Crippen LogP contribution in [-0.2, 0) is 4.79 Å². The lowest BCUT2D eigenvalue weighted by molar-refractivity contribution is -0.136. The molecule has 1 saturated carbocycles. The van der Waals surface area contributed by atoms with E-state index in [9.17, 15) is 4.79 Å². The van der Waals surface area contributed by atoms with Crippen LogP contribution in [0.25, 0.3) is 0 Å². The standard InChI is InChI=1S/C12H22N2O.ClH/c1-4-12(3)7-10(12)11(15)14-6-5-13-8-9(14)2;/h9-10,13H,4-8H2,1-3H3;1H. The van der Waals surface area contributed by atoms with E-state index in [0.29, 0.717) is 23.3 Å². The summed E-state index contributed by atoms with van der Waals surface area (Å²) < 4.78 is 0. The van der Waals surface area contributed by atoms with Crippen LogP contribution in [0.4, 0.5) is 0 Å². The first kappa shape index (κ1) is 13.8. The molecule has 0 aromatic carbocycles. The van der Waals surface area contributed by atoms with E-state index in [1.807, 2.05) is 0 Å². The Morgan fingerprint density at radius 1 is 1.56 bits per heavy atom. The minimum atomic E-state index is 0. The molecular formula is C12H23ClN2O. The third-order valence-corrected chi connectivity index (χ3v) is 4.24. The number of hydrogen-bond acceptors (Lipinski definition) is 2. The van der Waals surface area contributed by atoms with Crippen molar-refractivity contribution >= 4 is 18.3 Å². The van der Waals surface area contributed by atoms with Gasteiger partial charge in [0.15, 0.2) is 0 Å². The number of halogens is 1. The number of nitrogens with zero attached hydrogens (tertiary/aromatic N) is 1. The molecule has 0 bridgehead atoms. The summed E-state index contributed by atoms with van der Waals surface area (Å²) in [6, 6.07) is 0.368. The number of piperazine rings is 1. The summed E-state index contributed by atoms with van der Waals surface area (Å²) in [4.78, 5) is 14.3. The second-order valence-corrected chi connectivity index (χ2v) is 5.35. The molecule has 1 amide bonds. The molecule has 1 N–H and O–H groups in total. The van der Waals surface area contributed by atoms with Crippen molar-refractivity contribution in [1.82, 2.24) is 10.2 Å². The quantitative estimate of drug-likeness (QED) is 0.804. The van der Waals surface area contributed by atoms with Crippen molar-refractivity contribution < 1.29 is 4.79 Å². The van der Waals surface area contributed by atoms with Gasteiger partial charge >= 0.3 is 0 Å². The van der Waals surface area contributed by atoms with Crippen LogP contribution in [-0.4, -0.2) is 36.5 Å². The molecule has 0 aromatic rings. The Morgan fingerprint density at radius 3 is 2.75 bits per heavy atom. The van der Waals surface area contributed by atoms with Gasteiger partial charge in [0.2, 0.25) is 5.91 Å². The van der Waals surface area contributed by atoms with Crippen LogP contribution in [0, 0.1) is 11.3 Å². The van der Waals surface area contributed by atoms with Gasteiger partial charge < -0.3 is 10.2 Å². The summed E-state index contributed by atoms with van der Waals surface area (Å²) in [5, 5.41) is 3.32. The van der Waals surface area contributed by atoms with Crippen molar-refractivity contribution in [3.05, 3.63) is 0 Å². The lowest BCUT2D eigenvalue weighted by Crippen LogP contribution is -2.53. The highest BCUT2D eigenvalue weighted by Crippen LogP contribution is 2.55. The van der Waals surface area contributed by atoms with E-state index in [0.717, 1.165) is 32.5 Å². The van der Waals surface area contributed by atoms with Crippen molar-refractivity contribution in [3.63, 3.8) is 0 Å². The van der Waals surface area contributed by atoms with Crippen LogP contribution >= 0.6 is 12.4 Å². The summed E-state index contributed by atoms with van der Waals surface area (Å²) >= 11 is 0. The van der Waals surface area contributed by atoms with Gasteiger partial charge in [0.05, 0.1) is 0 Å². The molecule has 0 radical (unpaired) electrons. The second-order valence-electron chi connectivity index (χ2n) is 5.35. The lowest BCUT2D eigenvalue weighted by atomic mass is 10.0. The van der Waals surface area contributed by atoms with E-state index in [2.05, 4.69) is 31.0 Å². The van der Waals surface area contributed by atoms with E-state index in [1.165, 1.54) is 0 Å². The van der Waals surface area contributed by atoms with Crippen molar-refractivity contribution in [3.8, 4) is 0 Å². The fourth-order valence-corrected chi connectivity index (χ4v) is 2.55. The Morgan fingerprint density at radius 2 is 2.25 bits per heavy atom. The number of hydrogen-bond donors (Lipinski definition) is 1. The molecular weight excluding hydrogens is 224 g/mol. The number of nitrogens with one attached hydrogen (secondary N) is 1. The molecule has 3 unspecified atom stereocenters. The maximum atomic E-state index is 12.2. The Balaban J connectivity index is 0.00000128. The second kappa shape index (κ2) is 4.92. The van der Waals surface area contributed by atoms with Gasteiger partial charge in [-0.15, -0.1) is 12.4 Å². The Hall–Kier alpha value is -0.280. The molecule has 0 aromatic heterocycles. The number of carbonyl (C=O) groups is 1. The first-order valence-corrected chi connectivity index (χ1v) is 6.09. The SMILES string of the molecule is CCC1(C)CC1C(=O)N1CCNCC1C.Cl. The highest BCUT2D eigenvalue weighted by molar-refractivity contribution is 5.85. The maximum Gasteiger partial charge on any atom is 0.226 e. The minimum Gasteiger partial charge on any atom is -0.337 e. The zero-order valence-electron chi connectivity index (χ0n) is 10.5. The molecule has 4 heteroatoms. The summed E-state index contributed by atoms with van der Waals surface area (Å²) in [6.45, 7) is 9.34. The van der Waals surface area contributed by atoms with Crippen LogP contribution in [0.15, 0.2) is 0 Å². The van der Waals surface area contributed by atoms with Crippen molar-refractivity contribution in [1.29, 1.82) is 0 Å².